The molecule has 3 rings (SSSR count). The van der Waals surface area contributed by atoms with Crippen LogP contribution >= 0.6 is 0 Å². The Morgan fingerprint density at radius 1 is 1.24 bits per heavy atom. The first-order valence-electron chi connectivity index (χ1n) is 6.91. The van der Waals surface area contributed by atoms with Gasteiger partial charge in [0.1, 0.15) is 5.78 Å². The van der Waals surface area contributed by atoms with Gasteiger partial charge >= 0.3 is 0 Å². The topological polar surface area (TPSA) is 26.3 Å². The van der Waals surface area contributed by atoms with E-state index < -0.39 is 8.32 Å². The van der Waals surface area contributed by atoms with Crippen molar-refractivity contribution in [2.75, 3.05) is 0 Å². The molecule has 3 aliphatic carbocycles. The number of carbonyl (C=O) groups excluding carboxylic acids is 1. The fraction of sp³-hybridized carbons (Fsp3) is 0.929. The Bertz CT molecular complexity index is 317. The summed E-state index contributed by atoms with van der Waals surface area (Å²) in [4.78, 5) is 11.7. The van der Waals surface area contributed by atoms with Gasteiger partial charge in [-0.15, -0.1) is 0 Å². The summed E-state index contributed by atoms with van der Waals surface area (Å²) in [5.41, 5.74) is 0. The van der Waals surface area contributed by atoms with Gasteiger partial charge in [0.05, 0.1) is 0 Å². The van der Waals surface area contributed by atoms with Crippen LogP contribution < -0.4 is 0 Å². The van der Waals surface area contributed by atoms with Crippen LogP contribution in [0.15, 0.2) is 0 Å². The molecule has 98 valence electrons. The standard InChI is InChI=1S/C14H26O2Si/c1-14(2,3)17(4,5)16-13-9-10-6-7-11(13)8-12(10)15/h10-11,13H,6-9H2,1-5H3/t10-,11-,13-/m0/s1. The van der Waals surface area contributed by atoms with Gasteiger partial charge in [0.2, 0.25) is 0 Å². The number of hydrogen-bond acceptors (Lipinski definition) is 2. The summed E-state index contributed by atoms with van der Waals surface area (Å²) in [6, 6.07) is 0. The van der Waals surface area contributed by atoms with Gasteiger partial charge in [-0.25, -0.2) is 0 Å². The Kier molecular flexibility index (Phi) is 3.28. The van der Waals surface area contributed by atoms with Gasteiger partial charge < -0.3 is 4.43 Å². The molecule has 0 unspecified atom stereocenters. The second-order valence-electron chi connectivity index (χ2n) is 7.36. The SMILES string of the molecule is CC(C)(C)[Si](C)(C)O[C@H]1C[C@@H]2CC[C@H]1CC2=O. The molecule has 0 aromatic rings. The molecule has 3 aliphatic rings. The highest BCUT2D eigenvalue weighted by atomic mass is 28.4. The maximum atomic E-state index is 11.7. The molecule has 2 nitrogen and oxygen atoms in total. The first kappa shape index (κ1) is 13.3. The summed E-state index contributed by atoms with van der Waals surface area (Å²) in [5, 5.41) is 0.272. The molecule has 3 atom stereocenters. The molecule has 3 saturated carbocycles. The second kappa shape index (κ2) is 4.20. The monoisotopic (exact) mass is 254 g/mol. The third-order valence-corrected chi connectivity index (χ3v) is 9.60. The van der Waals surface area contributed by atoms with Crippen molar-refractivity contribution in [1.82, 2.24) is 0 Å². The molecule has 0 amide bonds. The second-order valence-corrected chi connectivity index (χ2v) is 12.1. The fourth-order valence-corrected chi connectivity index (χ4v) is 4.24. The molecule has 2 bridgehead atoms. The lowest BCUT2D eigenvalue weighted by atomic mass is 9.68. The van der Waals surface area contributed by atoms with Crippen LogP contribution in [0.5, 0.6) is 0 Å². The van der Waals surface area contributed by atoms with Crippen molar-refractivity contribution in [2.45, 2.75) is 70.7 Å². The number of fused-ring (bicyclic) bond motifs is 3. The van der Waals surface area contributed by atoms with E-state index in [0.717, 1.165) is 19.3 Å². The Morgan fingerprint density at radius 3 is 2.29 bits per heavy atom. The molecule has 0 saturated heterocycles. The summed E-state index contributed by atoms with van der Waals surface area (Å²) in [5.74, 6) is 1.33. The molecular weight excluding hydrogens is 228 g/mol. The zero-order valence-electron chi connectivity index (χ0n) is 11.9. The minimum atomic E-state index is -1.66. The number of carbonyl (C=O) groups is 1. The molecule has 17 heavy (non-hydrogen) atoms. The van der Waals surface area contributed by atoms with Crippen molar-refractivity contribution >= 4 is 14.1 Å². The molecule has 0 N–H and O–H groups in total. The summed E-state index contributed by atoms with van der Waals surface area (Å²) in [7, 11) is -1.66. The maximum Gasteiger partial charge on any atom is 0.192 e. The molecular formula is C14H26O2Si. The first-order valence-corrected chi connectivity index (χ1v) is 9.82. The highest BCUT2D eigenvalue weighted by Crippen LogP contribution is 2.45. The zero-order chi connectivity index (χ0) is 12.8. The summed E-state index contributed by atoms with van der Waals surface area (Å²) in [6.45, 7) is 11.5. The van der Waals surface area contributed by atoms with Crippen molar-refractivity contribution in [3.63, 3.8) is 0 Å². The van der Waals surface area contributed by atoms with Crippen LogP contribution in [0.1, 0.15) is 46.5 Å². The number of ketones is 1. The van der Waals surface area contributed by atoms with Crippen molar-refractivity contribution in [2.24, 2.45) is 11.8 Å². The highest BCUT2D eigenvalue weighted by Gasteiger charge is 2.46. The van der Waals surface area contributed by atoms with E-state index in [-0.39, 0.29) is 5.04 Å². The molecule has 3 fully saturated rings. The van der Waals surface area contributed by atoms with Crippen LogP contribution in [-0.2, 0) is 9.22 Å². The average Bonchev–Trinajstić information content (AvgIpc) is 2.17. The van der Waals surface area contributed by atoms with Gasteiger partial charge in [-0.05, 0) is 43.3 Å². The van der Waals surface area contributed by atoms with Crippen molar-refractivity contribution in [3.8, 4) is 0 Å². The van der Waals surface area contributed by atoms with Crippen molar-refractivity contribution in [3.05, 3.63) is 0 Å². The van der Waals surface area contributed by atoms with Crippen LogP contribution in [0.25, 0.3) is 0 Å². The predicted octanol–water partition coefficient (Wildman–Crippen LogP) is 3.77. The lowest BCUT2D eigenvalue weighted by Gasteiger charge is -2.47. The Labute approximate surface area is 106 Å². The zero-order valence-corrected chi connectivity index (χ0v) is 12.9. The Morgan fingerprint density at radius 2 is 1.88 bits per heavy atom. The van der Waals surface area contributed by atoms with E-state index in [4.69, 9.17) is 4.43 Å². The lowest BCUT2D eigenvalue weighted by molar-refractivity contribution is -0.134. The summed E-state index contributed by atoms with van der Waals surface area (Å²) >= 11 is 0. The van der Waals surface area contributed by atoms with Gasteiger partial charge in [-0.2, -0.15) is 0 Å². The van der Waals surface area contributed by atoms with E-state index in [1.165, 1.54) is 6.42 Å². The van der Waals surface area contributed by atoms with Gasteiger partial charge in [0.15, 0.2) is 8.32 Å². The van der Waals surface area contributed by atoms with Crippen LogP contribution in [0.4, 0.5) is 0 Å². The number of Topliss-reactive ketones (excluding diaryl/α,β-unsaturated/α-hetero) is 1. The van der Waals surface area contributed by atoms with Crippen LogP contribution in [0.3, 0.4) is 0 Å². The van der Waals surface area contributed by atoms with Crippen LogP contribution in [-0.4, -0.2) is 20.2 Å². The fourth-order valence-electron chi connectivity index (χ4n) is 2.84. The third-order valence-electron chi connectivity index (χ3n) is 5.10. The smallest absolute Gasteiger partial charge is 0.192 e. The number of rotatable bonds is 2. The normalized spacial score (nSPS) is 34.2. The molecule has 0 heterocycles. The van der Waals surface area contributed by atoms with Gasteiger partial charge in [-0.1, -0.05) is 20.8 Å². The molecule has 0 aliphatic heterocycles. The quantitative estimate of drug-likeness (QED) is 0.701. The largest absolute Gasteiger partial charge is 0.414 e. The highest BCUT2D eigenvalue weighted by molar-refractivity contribution is 6.74. The van der Waals surface area contributed by atoms with Crippen molar-refractivity contribution in [1.29, 1.82) is 0 Å². The van der Waals surface area contributed by atoms with Gasteiger partial charge in [0, 0.05) is 18.4 Å². The van der Waals surface area contributed by atoms with Crippen LogP contribution in [0, 0.1) is 11.8 Å². The average molecular weight is 254 g/mol. The molecule has 0 aromatic heterocycles. The van der Waals surface area contributed by atoms with E-state index >= 15 is 0 Å². The molecule has 3 heteroatoms. The third kappa shape index (κ3) is 2.50. The lowest BCUT2D eigenvalue weighted by Crippen LogP contribution is -2.50. The van der Waals surface area contributed by atoms with Gasteiger partial charge in [-0.3, -0.25) is 4.79 Å². The Balaban J connectivity index is 2.04. The molecule has 0 radical (unpaired) electrons. The first-order chi connectivity index (χ1) is 7.71. The van der Waals surface area contributed by atoms with E-state index in [1.54, 1.807) is 0 Å². The van der Waals surface area contributed by atoms with E-state index in [2.05, 4.69) is 33.9 Å². The minimum absolute atomic E-state index is 0.272. The maximum absolute atomic E-state index is 11.7. The Hall–Kier alpha value is -0.153. The minimum Gasteiger partial charge on any atom is -0.414 e. The molecule has 0 aromatic carbocycles. The summed E-state index contributed by atoms with van der Waals surface area (Å²) < 4.78 is 6.51. The van der Waals surface area contributed by atoms with Gasteiger partial charge in [0.25, 0.3) is 0 Å². The van der Waals surface area contributed by atoms with Crippen LogP contribution in [0.2, 0.25) is 18.1 Å². The van der Waals surface area contributed by atoms with Crippen molar-refractivity contribution < 1.29 is 9.22 Å². The molecule has 0 spiro atoms. The number of hydrogen-bond donors (Lipinski definition) is 0. The predicted molar refractivity (Wildman–Crippen MR) is 72.5 cm³/mol. The van der Waals surface area contributed by atoms with E-state index in [1.807, 2.05) is 0 Å². The van der Waals surface area contributed by atoms with E-state index in [9.17, 15) is 4.79 Å². The van der Waals surface area contributed by atoms with E-state index in [0.29, 0.717) is 23.7 Å². The summed E-state index contributed by atoms with van der Waals surface area (Å²) in [6.07, 6.45) is 4.46.